The Morgan fingerprint density at radius 1 is 1.23 bits per heavy atom. The Morgan fingerprint density at radius 3 is 2.54 bits per heavy atom. The molecule has 0 aliphatic rings. The van der Waals surface area contributed by atoms with Crippen molar-refractivity contribution in [3.05, 3.63) is 46.3 Å². The summed E-state index contributed by atoms with van der Waals surface area (Å²) < 4.78 is 1.92. The zero-order valence-corrected chi connectivity index (χ0v) is 19.7. The van der Waals surface area contributed by atoms with Crippen LogP contribution in [0.15, 0.2) is 28.1 Å². The zero-order chi connectivity index (χ0) is 18.4. The van der Waals surface area contributed by atoms with Gasteiger partial charge in [0.25, 0.3) is 0 Å². The number of hydrogen-bond acceptors (Lipinski definition) is 3. The third kappa shape index (κ3) is 5.90. The number of thioether (sulfide) groups is 1. The van der Waals surface area contributed by atoms with Crippen molar-refractivity contribution in [3.8, 4) is 0 Å². The number of aromatic nitrogens is 2. The number of rotatable bonds is 6. The van der Waals surface area contributed by atoms with Crippen LogP contribution in [0.4, 0.5) is 0 Å². The van der Waals surface area contributed by atoms with E-state index in [4.69, 9.17) is 4.99 Å². The van der Waals surface area contributed by atoms with E-state index in [0.29, 0.717) is 6.54 Å². The Morgan fingerprint density at radius 2 is 1.96 bits per heavy atom. The molecule has 1 heterocycles. The average molecular weight is 487 g/mol. The standard InChI is InChI=1S/C19H29N5S.HI/c1-7-20-19(22-12-17-14(3)23-24(5)15(17)4)21-11-16-9-8-13(2)10-18(16)25-6;/h8-10H,7,11-12H2,1-6H3,(H2,20,21,22);1H. The van der Waals surface area contributed by atoms with Crippen molar-refractivity contribution in [1.29, 1.82) is 0 Å². The van der Waals surface area contributed by atoms with Crippen molar-refractivity contribution in [2.45, 2.75) is 45.7 Å². The molecular formula is C19H30IN5S. The molecule has 0 aliphatic heterocycles. The second-order valence-electron chi connectivity index (χ2n) is 6.14. The van der Waals surface area contributed by atoms with E-state index in [9.17, 15) is 0 Å². The summed E-state index contributed by atoms with van der Waals surface area (Å²) >= 11 is 1.77. The van der Waals surface area contributed by atoms with Gasteiger partial charge in [0.2, 0.25) is 0 Å². The lowest BCUT2D eigenvalue weighted by atomic mass is 10.1. The molecule has 26 heavy (non-hydrogen) atoms. The SMILES string of the molecule is CCNC(=NCc1ccc(C)cc1SC)NCc1c(C)nn(C)c1C.I. The highest BCUT2D eigenvalue weighted by Crippen LogP contribution is 2.22. The van der Waals surface area contributed by atoms with Crippen molar-refractivity contribution in [2.75, 3.05) is 12.8 Å². The fourth-order valence-corrected chi connectivity index (χ4v) is 3.43. The normalized spacial score (nSPS) is 11.2. The predicted molar refractivity (Wildman–Crippen MR) is 123 cm³/mol. The van der Waals surface area contributed by atoms with Crippen LogP contribution in [0.2, 0.25) is 0 Å². The third-order valence-electron chi connectivity index (χ3n) is 4.29. The minimum Gasteiger partial charge on any atom is -0.357 e. The Bertz CT molecular complexity index is 755. The lowest BCUT2D eigenvalue weighted by Gasteiger charge is -2.12. The smallest absolute Gasteiger partial charge is 0.191 e. The van der Waals surface area contributed by atoms with Gasteiger partial charge in [-0.05, 0) is 51.1 Å². The topological polar surface area (TPSA) is 54.2 Å². The maximum absolute atomic E-state index is 4.76. The largest absolute Gasteiger partial charge is 0.357 e. The maximum Gasteiger partial charge on any atom is 0.191 e. The molecule has 0 unspecified atom stereocenters. The monoisotopic (exact) mass is 487 g/mol. The number of aliphatic imine (C=N–C) groups is 1. The van der Waals surface area contributed by atoms with Gasteiger partial charge in [0.05, 0.1) is 12.2 Å². The fourth-order valence-electron chi connectivity index (χ4n) is 2.73. The van der Waals surface area contributed by atoms with Crippen molar-refractivity contribution in [1.82, 2.24) is 20.4 Å². The van der Waals surface area contributed by atoms with Gasteiger partial charge in [-0.25, -0.2) is 4.99 Å². The van der Waals surface area contributed by atoms with Crippen LogP contribution in [0.3, 0.4) is 0 Å². The first kappa shape index (κ1) is 22.8. The van der Waals surface area contributed by atoms with Crippen LogP contribution in [0, 0.1) is 20.8 Å². The number of halogens is 1. The van der Waals surface area contributed by atoms with Gasteiger partial charge in [0.1, 0.15) is 0 Å². The first-order valence-electron chi connectivity index (χ1n) is 8.61. The van der Waals surface area contributed by atoms with Gasteiger partial charge in [-0.2, -0.15) is 5.10 Å². The summed E-state index contributed by atoms with van der Waals surface area (Å²) in [4.78, 5) is 6.05. The molecule has 0 amide bonds. The number of benzene rings is 1. The maximum atomic E-state index is 4.76. The number of guanidine groups is 1. The summed E-state index contributed by atoms with van der Waals surface area (Å²) in [5.41, 5.74) is 6.01. The molecule has 0 saturated carbocycles. The molecule has 0 aliphatic carbocycles. The van der Waals surface area contributed by atoms with Crippen molar-refractivity contribution >= 4 is 41.7 Å². The van der Waals surface area contributed by atoms with Crippen molar-refractivity contribution < 1.29 is 0 Å². The Kier molecular flexibility index (Phi) is 9.49. The predicted octanol–water partition coefficient (Wildman–Crippen LogP) is 3.94. The van der Waals surface area contributed by atoms with E-state index in [2.05, 4.69) is 61.0 Å². The van der Waals surface area contributed by atoms with Gasteiger partial charge in [0, 0.05) is 36.3 Å². The van der Waals surface area contributed by atoms with E-state index in [1.165, 1.54) is 27.3 Å². The van der Waals surface area contributed by atoms with Crippen LogP contribution >= 0.6 is 35.7 Å². The Labute approximate surface area is 178 Å². The number of aryl methyl sites for hydroxylation is 3. The quantitative estimate of drug-likeness (QED) is 0.281. The molecular weight excluding hydrogens is 457 g/mol. The van der Waals surface area contributed by atoms with Gasteiger partial charge in [-0.1, -0.05) is 12.1 Å². The summed E-state index contributed by atoms with van der Waals surface area (Å²) in [6.45, 7) is 10.6. The van der Waals surface area contributed by atoms with E-state index in [-0.39, 0.29) is 24.0 Å². The molecule has 0 radical (unpaired) electrons. The molecule has 1 aromatic carbocycles. The molecule has 2 N–H and O–H groups in total. The van der Waals surface area contributed by atoms with Crippen molar-refractivity contribution in [3.63, 3.8) is 0 Å². The van der Waals surface area contributed by atoms with Crippen LogP contribution in [0.5, 0.6) is 0 Å². The van der Waals surface area contributed by atoms with E-state index in [1.807, 2.05) is 18.7 Å². The minimum atomic E-state index is 0. The molecule has 0 fully saturated rings. The fraction of sp³-hybridized carbons (Fsp3) is 0.474. The van der Waals surface area contributed by atoms with Gasteiger partial charge in [0.15, 0.2) is 5.96 Å². The Balaban J connectivity index is 0.00000338. The molecule has 1 aromatic heterocycles. The zero-order valence-electron chi connectivity index (χ0n) is 16.5. The molecule has 144 valence electrons. The number of nitrogens with one attached hydrogen (secondary N) is 2. The third-order valence-corrected chi connectivity index (χ3v) is 5.11. The average Bonchev–Trinajstić information content (AvgIpc) is 2.83. The molecule has 2 aromatic rings. The summed E-state index contributed by atoms with van der Waals surface area (Å²) in [5, 5.41) is 11.2. The molecule has 0 saturated heterocycles. The second kappa shape index (κ2) is 10.8. The Hall–Kier alpha value is -1.22. The van der Waals surface area contributed by atoms with Crippen molar-refractivity contribution in [2.24, 2.45) is 12.0 Å². The molecule has 2 rings (SSSR count). The minimum absolute atomic E-state index is 0. The van der Waals surface area contributed by atoms with Crippen LogP contribution in [-0.2, 0) is 20.1 Å². The first-order valence-corrected chi connectivity index (χ1v) is 9.83. The first-order chi connectivity index (χ1) is 12.0. The molecule has 7 heteroatoms. The van der Waals surface area contributed by atoms with Crippen LogP contribution in [-0.4, -0.2) is 28.5 Å². The van der Waals surface area contributed by atoms with Crippen LogP contribution in [0.25, 0.3) is 0 Å². The van der Waals surface area contributed by atoms with Crippen LogP contribution < -0.4 is 10.6 Å². The highest BCUT2D eigenvalue weighted by Gasteiger charge is 2.10. The second-order valence-corrected chi connectivity index (χ2v) is 6.99. The highest BCUT2D eigenvalue weighted by atomic mass is 127. The van der Waals surface area contributed by atoms with Crippen LogP contribution in [0.1, 0.15) is 35.0 Å². The highest BCUT2D eigenvalue weighted by molar-refractivity contribution is 14.0. The lowest BCUT2D eigenvalue weighted by Crippen LogP contribution is -2.37. The number of nitrogens with zero attached hydrogens (tertiary/aromatic N) is 3. The van der Waals surface area contributed by atoms with Gasteiger partial charge in [-0.3, -0.25) is 4.68 Å². The van der Waals surface area contributed by atoms with E-state index in [1.54, 1.807) is 11.8 Å². The molecule has 0 atom stereocenters. The summed E-state index contributed by atoms with van der Waals surface area (Å²) in [7, 11) is 1.98. The van der Waals surface area contributed by atoms with Gasteiger partial charge < -0.3 is 10.6 Å². The lowest BCUT2D eigenvalue weighted by molar-refractivity contribution is 0.728. The molecule has 0 spiro atoms. The van der Waals surface area contributed by atoms with Gasteiger partial charge >= 0.3 is 0 Å². The summed E-state index contributed by atoms with van der Waals surface area (Å²) in [6.07, 6.45) is 2.11. The van der Waals surface area contributed by atoms with Gasteiger partial charge in [-0.15, -0.1) is 35.7 Å². The van der Waals surface area contributed by atoms with E-state index in [0.717, 1.165) is 24.7 Å². The summed E-state index contributed by atoms with van der Waals surface area (Å²) in [6, 6.07) is 6.54. The van der Waals surface area contributed by atoms with E-state index >= 15 is 0 Å². The van der Waals surface area contributed by atoms with E-state index < -0.39 is 0 Å². The molecule has 0 bridgehead atoms. The summed E-state index contributed by atoms with van der Waals surface area (Å²) in [5.74, 6) is 0.831. The molecule has 5 nitrogen and oxygen atoms in total. The number of hydrogen-bond donors (Lipinski definition) is 2.